The lowest BCUT2D eigenvalue weighted by Crippen LogP contribution is -2.29. The van der Waals surface area contributed by atoms with Crippen LogP contribution in [0.3, 0.4) is 0 Å². The van der Waals surface area contributed by atoms with E-state index in [-0.39, 0.29) is 9.79 Å². The Labute approximate surface area is 171 Å². The van der Waals surface area contributed by atoms with Gasteiger partial charge in [0.25, 0.3) is 0 Å². The van der Waals surface area contributed by atoms with Crippen molar-refractivity contribution < 1.29 is 17.2 Å². The monoisotopic (exact) mass is 423 g/mol. The predicted octanol–water partition coefficient (Wildman–Crippen LogP) is 3.44. The Hall–Kier alpha value is -2.19. The van der Waals surface area contributed by atoms with Crippen LogP contribution in [0.4, 0.5) is 20.2 Å². The molecule has 0 spiro atoms. The summed E-state index contributed by atoms with van der Waals surface area (Å²) in [5.41, 5.74) is 1.54. The second kappa shape index (κ2) is 9.09. The predicted molar refractivity (Wildman–Crippen MR) is 112 cm³/mol. The van der Waals surface area contributed by atoms with Gasteiger partial charge in [-0.3, -0.25) is 0 Å². The van der Waals surface area contributed by atoms with E-state index in [0.29, 0.717) is 18.8 Å². The van der Waals surface area contributed by atoms with Crippen molar-refractivity contribution in [3.05, 3.63) is 48.0 Å². The second-order valence-corrected chi connectivity index (χ2v) is 8.91. The Morgan fingerprint density at radius 3 is 2.45 bits per heavy atom. The van der Waals surface area contributed by atoms with Gasteiger partial charge in [-0.2, -0.15) is 0 Å². The molecule has 1 aliphatic rings. The summed E-state index contributed by atoms with van der Waals surface area (Å²) in [5.74, 6) is -2.25. The number of rotatable bonds is 6. The largest absolute Gasteiger partial charge is 0.371 e. The number of sulfone groups is 1. The maximum atomic E-state index is 13.7. The molecule has 0 atom stereocenters. The minimum Gasteiger partial charge on any atom is -0.371 e. The van der Waals surface area contributed by atoms with Crippen LogP contribution >= 0.6 is 0 Å². The fourth-order valence-electron chi connectivity index (χ4n) is 3.62. The maximum absolute atomic E-state index is 13.7. The molecule has 1 N–H and O–H groups in total. The van der Waals surface area contributed by atoms with Crippen molar-refractivity contribution >= 4 is 21.2 Å². The van der Waals surface area contributed by atoms with Gasteiger partial charge in [0.2, 0.25) is 9.84 Å². The Morgan fingerprint density at radius 2 is 1.76 bits per heavy atom. The lowest BCUT2D eigenvalue weighted by Gasteiger charge is -2.28. The van der Waals surface area contributed by atoms with Gasteiger partial charge in [0.05, 0.1) is 15.5 Å². The van der Waals surface area contributed by atoms with Crippen LogP contribution in [0.2, 0.25) is 0 Å². The van der Waals surface area contributed by atoms with Crippen molar-refractivity contribution in [2.45, 2.75) is 30.1 Å². The summed E-state index contributed by atoms with van der Waals surface area (Å²) < 4.78 is 53.5. The average Bonchev–Trinajstić information content (AvgIpc) is 3.00. The van der Waals surface area contributed by atoms with Gasteiger partial charge >= 0.3 is 0 Å². The van der Waals surface area contributed by atoms with E-state index in [1.54, 1.807) is 12.1 Å². The molecule has 0 saturated carbocycles. The molecular weight excluding hydrogens is 396 g/mol. The van der Waals surface area contributed by atoms with Gasteiger partial charge in [-0.1, -0.05) is 0 Å². The first-order valence-corrected chi connectivity index (χ1v) is 11.4. The number of halogens is 2. The van der Waals surface area contributed by atoms with E-state index in [1.807, 2.05) is 24.8 Å². The molecule has 0 aromatic heterocycles. The molecule has 1 aliphatic heterocycles. The lowest BCUT2D eigenvalue weighted by molar-refractivity contribution is 0.504. The van der Waals surface area contributed by atoms with E-state index in [4.69, 9.17) is 0 Å². The highest BCUT2D eigenvalue weighted by atomic mass is 32.2. The number of hydrogen-bond acceptors (Lipinski definition) is 5. The van der Waals surface area contributed by atoms with Crippen LogP contribution in [-0.2, 0) is 9.84 Å². The van der Waals surface area contributed by atoms with E-state index >= 15 is 0 Å². The molecule has 8 heteroatoms. The topological polar surface area (TPSA) is 52.6 Å². The average molecular weight is 424 g/mol. The smallest absolute Gasteiger partial charge is 0.208 e. The van der Waals surface area contributed by atoms with E-state index in [0.717, 1.165) is 56.5 Å². The van der Waals surface area contributed by atoms with Gasteiger partial charge in [0, 0.05) is 38.4 Å². The van der Waals surface area contributed by atoms with Gasteiger partial charge in [0.1, 0.15) is 0 Å². The Balaban J connectivity index is 2.10. The van der Waals surface area contributed by atoms with E-state index in [9.17, 15) is 17.2 Å². The highest BCUT2D eigenvalue weighted by molar-refractivity contribution is 7.91. The molecule has 0 bridgehead atoms. The molecule has 1 fully saturated rings. The number of nitrogens with one attached hydrogen (secondary N) is 1. The number of hydrogen-bond donors (Lipinski definition) is 1. The van der Waals surface area contributed by atoms with Crippen molar-refractivity contribution in [1.82, 2.24) is 5.32 Å². The minimum atomic E-state index is -4.01. The van der Waals surface area contributed by atoms with E-state index in [1.165, 1.54) is 0 Å². The zero-order valence-corrected chi connectivity index (χ0v) is 17.6. The number of nitrogens with zero attached hydrogens (tertiary/aromatic N) is 2. The van der Waals surface area contributed by atoms with Gasteiger partial charge in [-0.15, -0.1) is 0 Å². The zero-order chi connectivity index (χ0) is 21.0. The Kier molecular flexibility index (Phi) is 6.74. The van der Waals surface area contributed by atoms with Crippen LogP contribution in [0.25, 0.3) is 0 Å². The summed E-state index contributed by atoms with van der Waals surface area (Å²) >= 11 is 0. The highest BCUT2D eigenvalue weighted by Crippen LogP contribution is 2.34. The molecule has 158 valence electrons. The quantitative estimate of drug-likeness (QED) is 0.722. The number of benzene rings is 2. The molecule has 1 saturated heterocycles. The molecule has 2 aromatic carbocycles. The normalized spacial score (nSPS) is 15.2. The molecule has 2 aromatic rings. The third-order valence-electron chi connectivity index (χ3n) is 5.24. The van der Waals surface area contributed by atoms with Gasteiger partial charge in [-0.25, -0.2) is 17.2 Å². The molecule has 0 unspecified atom stereocenters. The molecule has 0 aliphatic carbocycles. The van der Waals surface area contributed by atoms with Crippen molar-refractivity contribution in [2.75, 3.05) is 49.1 Å². The van der Waals surface area contributed by atoms with Crippen LogP contribution in [0, 0.1) is 11.6 Å². The van der Waals surface area contributed by atoms with Crippen molar-refractivity contribution in [3.63, 3.8) is 0 Å². The summed E-state index contributed by atoms with van der Waals surface area (Å²) in [6, 6.07) is 7.96. The minimum absolute atomic E-state index is 0.101. The summed E-state index contributed by atoms with van der Waals surface area (Å²) in [4.78, 5) is 4.05. The van der Waals surface area contributed by atoms with Crippen LogP contribution in [-0.4, -0.2) is 47.7 Å². The second-order valence-electron chi connectivity index (χ2n) is 6.99. The first-order valence-electron chi connectivity index (χ1n) is 9.93. The molecule has 0 radical (unpaired) electrons. The van der Waals surface area contributed by atoms with Crippen molar-refractivity contribution in [2.24, 2.45) is 0 Å². The summed E-state index contributed by atoms with van der Waals surface area (Å²) in [7, 11) is -4.01. The first kappa shape index (κ1) is 21.5. The van der Waals surface area contributed by atoms with Crippen LogP contribution in [0.5, 0.6) is 0 Å². The lowest BCUT2D eigenvalue weighted by atomic mass is 10.2. The van der Waals surface area contributed by atoms with E-state index < -0.39 is 21.5 Å². The van der Waals surface area contributed by atoms with Crippen LogP contribution < -0.4 is 15.1 Å². The molecule has 0 amide bonds. The van der Waals surface area contributed by atoms with Crippen LogP contribution in [0.1, 0.15) is 20.3 Å². The molecule has 29 heavy (non-hydrogen) atoms. The Bertz CT molecular complexity index is 954. The maximum Gasteiger partial charge on any atom is 0.208 e. The van der Waals surface area contributed by atoms with Gasteiger partial charge < -0.3 is 15.1 Å². The zero-order valence-electron chi connectivity index (χ0n) is 16.8. The number of anilines is 2. The summed E-state index contributed by atoms with van der Waals surface area (Å²) in [5, 5.41) is 3.36. The molecule has 5 nitrogen and oxygen atoms in total. The van der Waals surface area contributed by atoms with E-state index in [2.05, 4.69) is 10.2 Å². The van der Waals surface area contributed by atoms with Crippen LogP contribution in [0.15, 0.2) is 46.2 Å². The highest BCUT2D eigenvalue weighted by Gasteiger charge is 2.26. The standard InChI is InChI=1S/C21H27F2N3O2S/c1-3-25(4-2)20-14-16(26-12-5-10-24-11-13-26)6-9-21(20)29(27,28)17-7-8-18(22)19(23)15-17/h6-9,14-15,24H,3-5,10-13H2,1-2H3. The Morgan fingerprint density at radius 1 is 1.00 bits per heavy atom. The van der Waals surface area contributed by atoms with Gasteiger partial charge in [-0.05, 0) is 63.2 Å². The third-order valence-corrected chi connectivity index (χ3v) is 7.04. The first-order chi connectivity index (χ1) is 13.9. The SMILES string of the molecule is CCN(CC)c1cc(N2CCCNCC2)ccc1S(=O)(=O)c1ccc(F)c(F)c1. The fraction of sp³-hybridized carbons (Fsp3) is 0.429. The van der Waals surface area contributed by atoms with Gasteiger partial charge in [0.15, 0.2) is 11.6 Å². The van der Waals surface area contributed by atoms with Crippen molar-refractivity contribution in [3.8, 4) is 0 Å². The van der Waals surface area contributed by atoms with Crippen molar-refractivity contribution in [1.29, 1.82) is 0 Å². The summed E-state index contributed by atoms with van der Waals surface area (Å²) in [6.07, 6.45) is 1.01. The molecule has 1 heterocycles. The summed E-state index contributed by atoms with van der Waals surface area (Å²) in [6.45, 7) is 8.73. The fourth-order valence-corrected chi connectivity index (χ4v) is 5.09. The molecular formula is C21H27F2N3O2S. The third kappa shape index (κ3) is 4.53. The molecule has 3 rings (SSSR count).